The predicted octanol–water partition coefficient (Wildman–Crippen LogP) is 21.7. The second-order valence-electron chi connectivity index (χ2n) is 23.6. The summed E-state index contributed by atoms with van der Waals surface area (Å²) in [5.74, 6) is 0. The molecular formula is C85H66B2Br3ClI2N6O12. The second kappa shape index (κ2) is 43.7. The summed E-state index contributed by atoms with van der Waals surface area (Å²) < 4.78 is 4.69. The minimum Gasteiger partial charge on any atom is -0.423 e. The van der Waals surface area contributed by atoms with E-state index in [0.717, 1.165) is 49.8 Å². The van der Waals surface area contributed by atoms with Crippen molar-refractivity contribution in [2.75, 3.05) is 11.5 Å². The normalized spacial score (nSPS) is 10.2. The number of nitrogens with two attached hydrogens (primary N) is 2. The first-order valence-corrected chi connectivity index (χ1v) is 38.4. The number of benzene rings is 14. The summed E-state index contributed by atoms with van der Waals surface area (Å²) in [6.07, 6.45) is 1.04. The molecule has 0 saturated heterocycles. The van der Waals surface area contributed by atoms with E-state index in [4.69, 9.17) is 43.2 Å². The Morgan fingerprint density at radius 1 is 0.333 bits per heavy atom. The van der Waals surface area contributed by atoms with Crippen LogP contribution in [0.15, 0.2) is 353 Å². The lowest BCUT2D eigenvalue weighted by Crippen LogP contribution is -2.30. The van der Waals surface area contributed by atoms with Gasteiger partial charge in [-0.2, -0.15) is 0 Å². The van der Waals surface area contributed by atoms with E-state index in [1.54, 1.807) is 78.9 Å². The van der Waals surface area contributed by atoms with Crippen LogP contribution in [0, 0.1) is 47.6 Å². The minimum atomic E-state index is -1.39. The van der Waals surface area contributed by atoms with Gasteiger partial charge < -0.3 is 31.6 Å². The zero-order valence-electron chi connectivity index (χ0n) is 58.5. The van der Waals surface area contributed by atoms with Crippen molar-refractivity contribution < 1.29 is 39.8 Å². The Morgan fingerprint density at radius 2 is 0.712 bits per heavy atom. The predicted molar refractivity (Wildman–Crippen MR) is 476 cm³/mol. The van der Waals surface area contributed by atoms with Crippen LogP contribution in [0.25, 0.3) is 66.8 Å². The lowest BCUT2D eigenvalue weighted by molar-refractivity contribution is -0.385. The molecule has 14 aromatic carbocycles. The molecule has 0 heterocycles. The Kier molecular flexibility index (Phi) is 33.9. The summed E-state index contributed by atoms with van der Waals surface area (Å²) in [6.45, 7) is 0. The van der Waals surface area contributed by atoms with E-state index >= 15 is 0 Å². The van der Waals surface area contributed by atoms with Crippen molar-refractivity contribution >= 4 is 164 Å². The number of nitro groups is 4. The summed E-state index contributed by atoms with van der Waals surface area (Å²) in [6, 6.07) is 106. The maximum absolute atomic E-state index is 11.3. The molecule has 1 aliphatic rings. The van der Waals surface area contributed by atoms with Gasteiger partial charge in [0.05, 0.1) is 28.8 Å². The van der Waals surface area contributed by atoms with Crippen molar-refractivity contribution in [2.45, 2.75) is 6.42 Å². The van der Waals surface area contributed by atoms with E-state index in [0.29, 0.717) is 29.6 Å². The average Bonchev–Trinajstić information content (AvgIpc) is 1.66. The summed E-state index contributed by atoms with van der Waals surface area (Å²) in [4.78, 5) is 41.1. The van der Waals surface area contributed by atoms with E-state index < -0.39 is 24.1 Å². The summed E-state index contributed by atoms with van der Waals surface area (Å²) in [5, 5.41) is 77.8. The molecule has 14 aromatic rings. The Bertz CT molecular complexity index is 5340. The van der Waals surface area contributed by atoms with Crippen LogP contribution in [0.4, 0.5) is 34.1 Å². The third-order valence-corrected chi connectivity index (χ3v) is 20.1. The van der Waals surface area contributed by atoms with Gasteiger partial charge in [0.2, 0.25) is 0 Å². The van der Waals surface area contributed by atoms with Crippen LogP contribution in [-0.4, -0.2) is 54.0 Å². The van der Waals surface area contributed by atoms with Crippen LogP contribution in [0.1, 0.15) is 11.1 Å². The molecule has 111 heavy (non-hydrogen) atoms. The van der Waals surface area contributed by atoms with Gasteiger partial charge in [-0.15, -0.1) is 0 Å². The number of anilines is 2. The van der Waals surface area contributed by atoms with Gasteiger partial charge in [-0.3, -0.25) is 40.5 Å². The zero-order chi connectivity index (χ0) is 79.9. The highest BCUT2D eigenvalue weighted by atomic mass is 127. The van der Waals surface area contributed by atoms with E-state index in [-0.39, 0.29) is 44.0 Å². The van der Waals surface area contributed by atoms with E-state index in [9.17, 15) is 40.5 Å². The van der Waals surface area contributed by atoms with Gasteiger partial charge in [0, 0.05) is 51.8 Å². The van der Waals surface area contributed by atoms with Gasteiger partial charge in [-0.05, 0) is 214 Å². The molecule has 0 saturated carbocycles. The molecule has 0 radical (unpaired) electrons. The molecule has 0 amide bonds. The zero-order valence-corrected chi connectivity index (χ0v) is 68.3. The molecule has 0 bridgehead atoms. The molecule has 1 aliphatic carbocycles. The highest BCUT2D eigenvalue weighted by Crippen LogP contribution is 2.43. The van der Waals surface area contributed by atoms with Crippen molar-refractivity contribution in [2.24, 2.45) is 0 Å². The minimum absolute atomic E-state index is 0.0559. The molecule has 0 atom stereocenters. The van der Waals surface area contributed by atoms with Crippen LogP contribution in [0.2, 0.25) is 5.02 Å². The van der Waals surface area contributed by atoms with Crippen LogP contribution >= 0.6 is 105 Å². The van der Waals surface area contributed by atoms with Gasteiger partial charge in [0.25, 0.3) is 22.7 Å². The van der Waals surface area contributed by atoms with Crippen molar-refractivity contribution in [3.63, 3.8) is 0 Å². The smallest absolute Gasteiger partial charge is 0.423 e. The Hall–Kier alpha value is -10.6. The van der Waals surface area contributed by atoms with Crippen LogP contribution in [0.5, 0.6) is 0 Å². The molecule has 26 heteroatoms. The molecule has 556 valence electrons. The number of nitrogens with zero attached hydrogens (tertiary/aromatic N) is 4. The number of rotatable bonds is 11. The van der Waals surface area contributed by atoms with Gasteiger partial charge >= 0.3 is 14.2 Å². The summed E-state index contributed by atoms with van der Waals surface area (Å²) in [5.41, 5.74) is 27.8. The Morgan fingerprint density at radius 3 is 1.12 bits per heavy atom. The Labute approximate surface area is 698 Å². The highest BCUT2D eigenvalue weighted by molar-refractivity contribution is 14.1. The van der Waals surface area contributed by atoms with Gasteiger partial charge in [0.1, 0.15) is 11.4 Å². The topological polar surface area (TPSA) is 306 Å². The van der Waals surface area contributed by atoms with Crippen molar-refractivity contribution in [1.82, 2.24) is 0 Å². The maximum Gasteiger partial charge on any atom is 0.489 e. The molecule has 0 aromatic heterocycles. The van der Waals surface area contributed by atoms with Crippen LogP contribution < -0.4 is 22.4 Å². The molecule has 0 spiro atoms. The first-order valence-electron chi connectivity index (χ1n) is 33.4. The number of halogens is 6. The number of nitro benzene ring substituents is 4. The van der Waals surface area contributed by atoms with Crippen molar-refractivity contribution in [3.05, 3.63) is 417 Å². The van der Waals surface area contributed by atoms with E-state index in [2.05, 4.69) is 149 Å². The SMILES string of the molecule is Brc1cccc2c1-c1cc(-c3ccccc3)ccc1C2.Ic1ccccc1.Nc1cc(-c2ccccc2)ccc1[N+](=O)[O-].Nc1cc(Cl)ccc1[N+](=O)[O-].O=[N+]([O-])c1ccc(-c2ccccc2)cc1-c1ccccc1Br.O=[N+]([O-])c1ccc(-c2ccccc2)cc1I.OB(O)c1ccccc1.OB(O)c1ccccc1Br. The maximum atomic E-state index is 11.3. The molecule has 0 unspecified atom stereocenters. The first-order chi connectivity index (χ1) is 53.4. The van der Waals surface area contributed by atoms with E-state index in [1.807, 2.05) is 180 Å². The average molecular weight is 1910 g/mol. The number of nitrogen functional groups attached to an aromatic ring is 2. The molecule has 8 N–H and O–H groups in total. The fraction of sp³-hybridized carbons (Fsp3) is 0.0118. The third kappa shape index (κ3) is 26.0. The van der Waals surface area contributed by atoms with E-state index in [1.165, 1.54) is 65.7 Å². The molecule has 15 rings (SSSR count). The Balaban J connectivity index is 0.000000163. The highest BCUT2D eigenvalue weighted by Gasteiger charge is 2.23. The third-order valence-electron chi connectivity index (χ3n) is 16.2. The van der Waals surface area contributed by atoms with Gasteiger partial charge in [-0.25, -0.2) is 0 Å². The molecular weight excluding hydrogens is 1850 g/mol. The summed E-state index contributed by atoms with van der Waals surface area (Å²) in [7, 11) is -2.73. The quantitative estimate of drug-likeness (QED) is 0.0231. The first kappa shape index (κ1) is 86.0. The fourth-order valence-electron chi connectivity index (χ4n) is 10.8. The monoisotopic (exact) mass is 1910 g/mol. The van der Waals surface area contributed by atoms with Gasteiger partial charge in [-0.1, -0.05) is 290 Å². The lowest BCUT2D eigenvalue weighted by Gasteiger charge is -2.09. The number of fused-ring (bicyclic) bond motifs is 3. The van der Waals surface area contributed by atoms with Crippen molar-refractivity contribution in [3.8, 4) is 66.8 Å². The summed E-state index contributed by atoms with van der Waals surface area (Å²) >= 11 is 20.1. The lowest BCUT2D eigenvalue weighted by atomic mass is 9.80. The van der Waals surface area contributed by atoms with Crippen LogP contribution in [0.3, 0.4) is 0 Å². The number of hydrogen-bond acceptors (Lipinski definition) is 14. The molecule has 0 fully saturated rings. The van der Waals surface area contributed by atoms with Crippen molar-refractivity contribution in [1.29, 1.82) is 0 Å². The number of hydrogen-bond donors (Lipinski definition) is 6. The second-order valence-corrected chi connectivity index (χ2v) is 29.1. The van der Waals surface area contributed by atoms with Crippen LogP contribution in [-0.2, 0) is 6.42 Å². The van der Waals surface area contributed by atoms with Gasteiger partial charge in [0.15, 0.2) is 0 Å². The molecule has 0 aliphatic heterocycles. The largest absolute Gasteiger partial charge is 0.489 e. The standard InChI is InChI=1S/C19H13Br.C18H12BrNO2.C12H8INO2.C12H10N2O2.C6H6BBrO2.C6H7BO2.C6H5ClN2O2.C6H5I/c20-18-8-4-7-16-11-15-10-9-14(12-17(15)19(16)18)13-5-2-1-3-6-13;19-17-9-5-4-8-15(17)16-12-14(10-11-18(16)20(21)22)13-6-2-1-3-7-13;2*13-11-8-10(6-7-12(11)14(15)16)9-4-2-1-3-5-9;8-6-4-2-1-3-5(6)7(9)10;8-7(9)6-4-2-1-3-5-6;7-4-1-2-6(9(10)11)5(8)3-4;7-6-4-2-1-3-5-6/h1-10,12H,11H2;1-12H;1-8H;1-8H,13H2;1-4,9-10H;1-5,8-9H;1-3H,8H2;1-5H. The molecule has 18 nitrogen and oxygen atoms in total. The fourth-order valence-corrected chi connectivity index (χ4v) is 13.7.